The second-order valence-electron chi connectivity index (χ2n) is 7.95. The Kier molecular flexibility index (Phi) is 5.90. The Balaban J connectivity index is 1.60. The highest BCUT2D eigenvalue weighted by Gasteiger charge is 2.27. The number of benzene rings is 1. The molecule has 2 aliphatic rings. The third kappa shape index (κ3) is 5.00. The van der Waals surface area contributed by atoms with Gasteiger partial charge in [0.25, 0.3) is 0 Å². The minimum Gasteiger partial charge on any atom is -0.331 e. The Morgan fingerprint density at radius 3 is 2.69 bits per heavy atom. The molecule has 0 aromatic heterocycles. The van der Waals surface area contributed by atoms with Gasteiger partial charge in [0.1, 0.15) is 9.84 Å². The molecule has 2 atom stereocenters. The van der Waals surface area contributed by atoms with E-state index < -0.39 is 9.84 Å². The second kappa shape index (κ2) is 7.99. The van der Waals surface area contributed by atoms with Gasteiger partial charge in [-0.1, -0.05) is 18.2 Å². The number of hydrogen-bond acceptors (Lipinski definition) is 3. The van der Waals surface area contributed by atoms with E-state index in [9.17, 15) is 13.2 Å². The van der Waals surface area contributed by atoms with E-state index >= 15 is 0 Å². The van der Waals surface area contributed by atoms with Crippen LogP contribution in [-0.2, 0) is 22.7 Å². The van der Waals surface area contributed by atoms with Crippen molar-refractivity contribution in [1.82, 2.24) is 10.2 Å². The van der Waals surface area contributed by atoms with Crippen LogP contribution in [-0.4, -0.2) is 44.4 Å². The van der Waals surface area contributed by atoms with Crippen LogP contribution in [0.25, 0.3) is 0 Å². The highest BCUT2D eigenvalue weighted by molar-refractivity contribution is 7.90. The van der Waals surface area contributed by atoms with Gasteiger partial charge in [-0.05, 0) is 68.1 Å². The number of urea groups is 1. The van der Waals surface area contributed by atoms with Gasteiger partial charge in [-0.25, -0.2) is 13.2 Å². The Hall–Kier alpha value is -1.56. The average molecular weight is 379 g/mol. The van der Waals surface area contributed by atoms with Crippen molar-refractivity contribution in [3.05, 3.63) is 34.9 Å². The van der Waals surface area contributed by atoms with Crippen LogP contribution in [0, 0.1) is 5.92 Å². The lowest BCUT2D eigenvalue weighted by atomic mass is 9.89. The number of nitrogens with zero attached hydrogens (tertiary/aromatic N) is 1. The van der Waals surface area contributed by atoms with Crippen LogP contribution in [0.2, 0.25) is 0 Å². The molecule has 6 heteroatoms. The molecule has 1 heterocycles. The minimum absolute atomic E-state index is 0.0450. The largest absolute Gasteiger partial charge is 0.331 e. The molecule has 3 rings (SSSR count). The van der Waals surface area contributed by atoms with Gasteiger partial charge in [-0.15, -0.1) is 0 Å². The zero-order chi connectivity index (χ0) is 18.7. The topological polar surface area (TPSA) is 66.5 Å². The summed E-state index contributed by atoms with van der Waals surface area (Å²) in [6.45, 7) is 3.24. The van der Waals surface area contributed by atoms with Crippen molar-refractivity contribution in [3.8, 4) is 0 Å². The summed E-state index contributed by atoms with van der Waals surface area (Å²) >= 11 is 0. The van der Waals surface area contributed by atoms with Crippen molar-refractivity contribution in [2.75, 3.05) is 25.1 Å². The third-order valence-corrected chi connectivity index (χ3v) is 6.63. The zero-order valence-electron chi connectivity index (χ0n) is 15.8. The lowest BCUT2D eigenvalue weighted by Gasteiger charge is -2.33. The molecule has 144 valence electrons. The fourth-order valence-corrected chi connectivity index (χ4v) is 5.32. The summed E-state index contributed by atoms with van der Waals surface area (Å²) in [5, 5.41) is 3.09. The van der Waals surface area contributed by atoms with E-state index in [0.717, 1.165) is 31.2 Å². The molecule has 1 aromatic carbocycles. The number of carbonyl (C=O) groups excluding carboxylic acids is 1. The van der Waals surface area contributed by atoms with Crippen LogP contribution >= 0.6 is 0 Å². The molecule has 0 radical (unpaired) electrons. The number of hydrogen-bond donors (Lipinski definition) is 1. The Bertz CT molecular complexity index is 760. The predicted octanol–water partition coefficient (Wildman–Crippen LogP) is 3.09. The van der Waals surface area contributed by atoms with Crippen LogP contribution < -0.4 is 5.32 Å². The van der Waals surface area contributed by atoms with Gasteiger partial charge in [0.05, 0.1) is 11.8 Å². The maximum atomic E-state index is 12.6. The molecule has 1 aliphatic carbocycles. The number of fused-ring (bicyclic) bond motifs is 1. The first-order valence-corrected chi connectivity index (χ1v) is 11.7. The van der Waals surface area contributed by atoms with Gasteiger partial charge in [0, 0.05) is 19.3 Å². The summed E-state index contributed by atoms with van der Waals surface area (Å²) in [6, 6.07) is 6.42. The van der Waals surface area contributed by atoms with Crippen molar-refractivity contribution < 1.29 is 13.2 Å². The maximum absolute atomic E-state index is 12.6. The number of likely N-dealkylation sites (tertiary alicyclic amines) is 1. The van der Waals surface area contributed by atoms with Crippen molar-refractivity contribution >= 4 is 15.9 Å². The monoisotopic (exact) mass is 378 g/mol. The molecular formula is C20H30N2O3S. The van der Waals surface area contributed by atoms with Gasteiger partial charge in [-0.3, -0.25) is 0 Å². The van der Waals surface area contributed by atoms with Gasteiger partial charge < -0.3 is 10.2 Å². The molecule has 1 N–H and O–H groups in total. The normalized spacial score (nSPS) is 21.8. The number of aryl methyl sites for hydroxylation is 2. The molecule has 0 unspecified atom stereocenters. The molecule has 0 saturated carbocycles. The number of rotatable bonds is 4. The quantitative estimate of drug-likeness (QED) is 0.875. The van der Waals surface area contributed by atoms with E-state index in [2.05, 4.69) is 23.5 Å². The first-order chi connectivity index (χ1) is 12.3. The average Bonchev–Trinajstić information content (AvgIpc) is 2.60. The Morgan fingerprint density at radius 2 is 1.96 bits per heavy atom. The molecule has 0 spiro atoms. The highest BCUT2D eigenvalue weighted by Crippen LogP contribution is 2.25. The third-order valence-electron chi connectivity index (χ3n) is 5.56. The summed E-state index contributed by atoms with van der Waals surface area (Å²) in [4.78, 5) is 14.4. The van der Waals surface area contributed by atoms with Crippen molar-refractivity contribution in [3.63, 3.8) is 0 Å². The van der Waals surface area contributed by atoms with E-state index in [4.69, 9.17) is 0 Å². The zero-order valence-corrected chi connectivity index (χ0v) is 16.6. The van der Waals surface area contributed by atoms with Crippen molar-refractivity contribution in [2.24, 2.45) is 5.92 Å². The molecule has 2 amide bonds. The summed E-state index contributed by atoms with van der Waals surface area (Å²) in [5.74, 6) is 0.209. The SMILES string of the molecule is C[C@H](NC(=O)N1CCC[C@H](CS(C)(=O)=O)C1)c1ccc2c(c1)CCCC2. The van der Waals surface area contributed by atoms with Gasteiger partial charge >= 0.3 is 6.03 Å². The van der Waals surface area contributed by atoms with Gasteiger partial charge in [0.15, 0.2) is 0 Å². The van der Waals surface area contributed by atoms with Gasteiger partial charge in [-0.2, -0.15) is 0 Å². The fourth-order valence-electron chi connectivity index (χ4n) is 4.20. The van der Waals surface area contributed by atoms with Crippen LogP contribution in [0.1, 0.15) is 55.3 Å². The lowest BCUT2D eigenvalue weighted by Crippen LogP contribution is -2.47. The van der Waals surface area contributed by atoms with Crippen molar-refractivity contribution in [2.45, 2.75) is 51.5 Å². The van der Waals surface area contributed by atoms with Crippen LogP contribution in [0.4, 0.5) is 4.79 Å². The minimum atomic E-state index is -3.01. The van der Waals surface area contributed by atoms with E-state index in [-0.39, 0.29) is 23.7 Å². The van der Waals surface area contributed by atoms with E-state index in [1.165, 1.54) is 30.2 Å². The second-order valence-corrected chi connectivity index (χ2v) is 10.1. The predicted molar refractivity (Wildman–Crippen MR) is 104 cm³/mol. The molecule has 1 aliphatic heterocycles. The van der Waals surface area contributed by atoms with E-state index in [1.807, 2.05) is 6.92 Å². The summed E-state index contributed by atoms with van der Waals surface area (Å²) in [6.07, 6.45) is 7.80. The molecule has 1 saturated heterocycles. The molecule has 1 fully saturated rings. The first-order valence-electron chi connectivity index (χ1n) is 9.67. The van der Waals surface area contributed by atoms with E-state index in [0.29, 0.717) is 13.1 Å². The van der Waals surface area contributed by atoms with Crippen LogP contribution in [0.5, 0.6) is 0 Å². The maximum Gasteiger partial charge on any atom is 0.317 e. The fraction of sp³-hybridized carbons (Fsp3) is 0.650. The van der Waals surface area contributed by atoms with Gasteiger partial charge in [0.2, 0.25) is 0 Å². The molecular weight excluding hydrogens is 348 g/mol. The number of carbonyl (C=O) groups is 1. The molecule has 1 aromatic rings. The molecule has 26 heavy (non-hydrogen) atoms. The standard InChI is InChI=1S/C20H30N2O3S/c1-15(18-10-9-17-7-3-4-8-19(17)12-18)21-20(23)22-11-5-6-16(13-22)14-26(2,24)25/h9-10,12,15-16H,3-8,11,13-14H2,1-2H3,(H,21,23)/t15-,16-/m0/s1. The van der Waals surface area contributed by atoms with E-state index in [1.54, 1.807) is 4.90 Å². The number of amides is 2. The molecule has 5 nitrogen and oxygen atoms in total. The smallest absolute Gasteiger partial charge is 0.317 e. The first kappa shape index (κ1) is 19.2. The van der Waals surface area contributed by atoms with Crippen LogP contribution in [0.3, 0.4) is 0 Å². The molecule has 0 bridgehead atoms. The summed E-state index contributed by atoms with van der Waals surface area (Å²) in [7, 11) is -3.01. The Morgan fingerprint density at radius 1 is 1.23 bits per heavy atom. The number of piperidine rings is 1. The van der Waals surface area contributed by atoms with Crippen molar-refractivity contribution in [1.29, 1.82) is 0 Å². The highest BCUT2D eigenvalue weighted by atomic mass is 32.2. The Labute approximate surface area is 157 Å². The summed E-state index contributed by atoms with van der Waals surface area (Å²) < 4.78 is 23.1. The summed E-state index contributed by atoms with van der Waals surface area (Å²) in [5.41, 5.74) is 4.00. The lowest BCUT2D eigenvalue weighted by molar-refractivity contribution is 0.167. The number of sulfone groups is 1. The van der Waals surface area contributed by atoms with Crippen LogP contribution in [0.15, 0.2) is 18.2 Å². The number of nitrogens with one attached hydrogen (secondary N) is 1.